The minimum Gasteiger partial charge on any atom is -0.384 e. The van der Waals surface area contributed by atoms with Crippen LogP contribution in [0.25, 0.3) is 10.9 Å². The number of nitrogens with two attached hydrogens (primary N) is 1. The Morgan fingerprint density at radius 2 is 1.87 bits per heavy atom. The standard InChI is InChI=1S/C16H21N2O4P/c1-4-11-18-13-10-8-7-9-12(13)14(19)15(16(18)17)23(20,21-5-2)22-6-3/h4,7-10H,1,5-6,11,17H2,2-3H3. The number of rotatable bonds is 7. The molecule has 2 rings (SSSR count). The van der Waals surface area contributed by atoms with Crippen LogP contribution < -0.4 is 16.5 Å². The van der Waals surface area contributed by atoms with Gasteiger partial charge < -0.3 is 19.3 Å². The lowest BCUT2D eigenvalue weighted by molar-refractivity contribution is 0.230. The lowest BCUT2D eigenvalue weighted by Gasteiger charge is -2.21. The van der Waals surface area contributed by atoms with Crippen LogP contribution in [0.1, 0.15) is 13.8 Å². The maximum absolute atomic E-state index is 13.1. The van der Waals surface area contributed by atoms with Gasteiger partial charge in [-0.1, -0.05) is 18.2 Å². The van der Waals surface area contributed by atoms with Gasteiger partial charge in [-0.15, -0.1) is 6.58 Å². The van der Waals surface area contributed by atoms with Gasteiger partial charge in [-0.05, 0) is 26.0 Å². The van der Waals surface area contributed by atoms with Crippen LogP contribution >= 0.6 is 7.60 Å². The second-order valence-electron chi connectivity index (χ2n) is 4.81. The fourth-order valence-corrected chi connectivity index (χ4v) is 4.28. The first-order valence-electron chi connectivity index (χ1n) is 7.41. The van der Waals surface area contributed by atoms with Gasteiger partial charge in [-0.2, -0.15) is 0 Å². The van der Waals surface area contributed by atoms with Crippen molar-refractivity contribution in [2.24, 2.45) is 0 Å². The van der Waals surface area contributed by atoms with Gasteiger partial charge in [0.15, 0.2) is 5.30 Å². The SMILES string of the molecule is C=CCn1c(N)c(P(=O)(OCC)OCC)c(=O)c2ccccc21. The van der Waals surface area contributed by atoms with E-state index < -0.39 is 13.0 Å². The quantitative estimate of drug-likeness (QED) is 0.621. The molecule has 0 saturated carbocycles. The predicted octanol–water partition coefficient (Wildman–Crippen LogP) is 2.66. The van der Waals surface area contributed by atoms with Gasteiger partial charge in [-0.25, -0.2) is 0 Å². The van der Waals surface area contributed by atoms with Crippen LogP contribution in [0.3, 0.4) is 0 Å². The molecule has 1 heterocycles. The number of nitrogen functional groups attached to an aromatic ring is 1. The number of aromatic nitrogens is 1. The van der Waals surface area contributed by atoms with Crippen LogP contribution in [0.15, 0.2) is 41.7 Å². The van der Waals surface area contributed by atoms with E-state index >= 15 is 0 Å². The van der Waals surface area contributed by atoms with E-state index in [1.807, 2.05) is 6.07 Å². The smallest absolute Gasteiger partial charge is 0.368 e. The molecule has 0 aliphatic carbocycles. The van der Waals surface area contributed by atoms with Gasteiger partial charge in [0.25, 0.3) is 0 Å². The first kappa shape index (κ1) is 17.5. The van der Waals surface area contributed by atoms with Gasteiger partial charge >= 0.3 is 7.60 Å². The third-order valence-corrected chi connectivity index (χ3v) is 5.55. The van der Waals surface area contributed by atoms with Crippen LogP contribution in [0.2, 0.25) is 0 Å². The van der Waals surface area contributed by atoms with Gasteiger partial charge in [0.2, 0.25) is 5.43 Å². The molecule has 0 aliphatic heterocycles. The molecule has 0 unspecified atom stereocenters. The Bertz CT molecular complexity index is 819. The average Bonchev–Trinajstić information content (AvgIpc) is 2.52. The Hall–Kier alpha value is -1.88. The molecule has 0 radical (unpaired) electrons. The Morgan fingerprint density at radius 3 is 2.43 bits per heavy atom. The number of hydrogen-bond donors (Lipinski definition) is 1. The number of allylic oxidation sites excluding steroid dienone is 1. The highest BCUT2D eigenvalue weighted by molar-refractivity contribution is 7.62. The van der Waals surface area contributed by atoms with Crippen molar-refractivity contribution >= 4 is 29.6 Å². The van der Waals surface area contributed by atoms with Crippen molar-refractivity contribution in [1.29, 1.82) is 0 Å². The molecule has 0 aliphatic rings. The van der Waals surface area contributed by atoms with Crippen molar-refractivity contribution < 1.29 is 13.6 Å². The van der Waals surface area contributed by atoms with Gasteiger partial charge in [0.1, 0.15) is 5.82 Å². The Morgan fingerprint density at radius 1 is 1.26 bits per heavy atom. The largest absolute Gasteiger partial charge is 0.384 e. The molecule has 124 valence electrons. The lowest BCUT2D eigenvalue weighted by atomic mass is 10.2. The van der Waals surface area contributed by atoms with Crippen LogP contribution in [-0.4, -0.2) is 17.8 Å². The summed E-state index contributed by atoms with van der Waals surface area (Å²) >= 11 is 0. The first-order chi connectivity index (χ1) is 11.0. The molecule has 6 nitrogen and oxygen atoms in total. The van der Waals surface area contributed by atoms with Gasteiger partial charge in [0, 0.05) is 11.9 Å². The van der Waals surface area contributed by atoms with E-state index in [1.165, 1.54) is 0 Å². The van der Waals surface area contributed by atoms with Crippen LogP contribution in [0.5, 0.6) is 0 Å². The summed E-state index contributed by atoms with van der Waals surface area (Å²) in [5.74, 6) is 0.0823. The topological polar surface area (TPSA) is 83.6 Å². The summed E-state index contributed by atoms with van der Waals surface area (Å²) in [6, 6.07) is 7.01. The second kappa shape index (κ2) is 7.13. The second-order valence-corrected chi connectivity index (χ2v) is 6.77. The molecule has 0 atom stereocenters. The summed E-state index contributed by atoms with van der Waals surface area (Å²) in [5.41, 5.74) is 6.39. The number of fused-ring (bicyclic) bond motifs is 1. The average molecular weight is 336 g/mol. The van der Waals surface area contributed by atoms with E-state index in [-0.39, 0.29) is 24.3 Å². The summed E-state index contributed by atoms with van der Waals surface area (Å²) in [7, 11) is -3.79. The summed E-state index contributed by atoms with van der Waals surface area (Å²) < 4.78 is 25.4. The zero-order valence-electron chi connectivity index (χ0n) is 13.3. The molecule has 0 spiro atoms. The maximum Gasteiger partial charge on any atom is 0.368 e. The van der Waals surface area contributed by atoms with Crippen molar-refractivity contribution in [3.8, 4) is 0 Å². The molecular formula is C16H21N2O4P. The van der Waals surface area contributed by atoms with E-state index in [4.69, 9.17) is 14.8 Å². The van der Waals surface area contributed by atoms with Crippen LogP contribution in [0, 0.1) is 0 Å². The Labute approximate surface area is 135 Å². The number of nitrogens with zero attached hydrogens (tertiary/aromatic N) is 1. The summed E-state index contributed by atoms with van der Waals surface area (Å²) in [6.07, 6.45) is 1.66. The molecule has 23 heavy (non-hydrogen) atoms. The van der Waals surface area contributed by atoms with Crippen molar-refractivity contribution in [1.82, 2.24) is 4.57 Å². The van der Waals surface area contributed by atoms with Crippen molar-refractivity contribution in [3.63, 3.8) is 0 Å². The minimum atomic E-state index is -3.79. The molecule has 0 saturated heterocycles. The van der Waals surface area contributed by atoms with E-state index in [2.05, 4.69) is 6.58 Å². The van der Waals surface area contributed by atoms with E-state index in [1.54, 1.807) is 42.7 Å². The summed E-state index contributed by atoms with van der Waals surface area (Å²) in [4.78, 5) is 12.9. The molecule has 0 bridgehead atoms. The number of para-hydroxylation sites is 1. The highest BCUT2D eigenvalue weighted by atomic mass is 31.2. The van der Waals surface area contributed by atoms with Crippen molar-refractivity contribution in [2.75, 3.05) is 18.9 Å². The minimum absolute atomic E-state index is 0.0823. The van der Waals surface area contributed by atoms with E-state index in [9.17, 15) is 9.36 Å². The van der Waals surface area contributed by atoms with Crippen molar-refractivity contribution in [3.05, 3.63) is 47.1 Å². The molecule has 7 heteroatoms. The van der Waals surface area contributed by atoms with Crippen molar-refractivity contribution in [2.45, 2.75) is 20.4 Å². The Kier molecular flexibility index (Phi) is 5.42. The molecule has 1 aromatic heterocycles. The molecule has 1 aromatic carbocycles. The molecule has 0 amide bonds. The third-order valence-electron chi connectivity index (χ3n) is 3.37. The monoisotopic (exact) mass is 336 g/mol. The van der Waals surface area contributed by atoms with Crippen LogP contribution in [0.4, 0.5) is 5.82 Å². The van der Waals surface area contributed by atoms with E-state index in [0.29, 0.717) is 17.4 Å². The fourth-order valence-electron chi connectivity index (χ4n) is 2.50. The third kappa shape index (κ3) is 3.11. The molecule has 2 aromatic rings. The fraction of sp³-hybridized carbons (Fsp3) is 0.312. The number of benzene rings is 1. The molecule has 2 N–H and O–H groups in total. The Balaban J connectivity index is 2.90. The van der Waals surface area contributed by atoms with E-state index in [0.717, 1.165) is 0 Å². The summed E-state index contributed by atoms with van der Waals surface area (Å²) in [5, 5.41) is 0.305. The zero-order valence-corrected chi connectivity index (χ0v) is 14.2. The van der Waals surface area contributed by atoms with Gasteiger partial charge in [0.05, 0.1) is 18.7 Å². The normalized spacial score (nSPS) is 11.7. The first-order valence-corrected chi connectivity index (χ1v) is 8.96. The molecule has 0 fully saturated rings. The summed E-state index contributed by atoms with van der Waals surface area (Å²) in [6.45, 7) is 7.74. The predicted molar refractivity (Wildman–Crippen MR) is 93.3 cm³/mol. The lowest BCUT2D eigenvalue weighted by Crippen LogP contribution is -2.33. The molecular weight excluding hydrogens is 315 g/mol. The highest BCUT2D eigenvalue weighted by Gasteiger charge is 2.34. The maximum atomic E-state index is 13.1. The van der Waals surface area contributed by atoms with Crippen LogP contribution in [-0.2, 0) is 20.2 Å². The number of anilines is 1. The van der Waals surface area contributed by atoms with Gasteiger partial charge in [-0.3, -0.25) is 9.36 Å². The zero-order chi connectivity index (χ0) is 17.0. The highest BCUT2D eigenvalue weighted by Crippen LogP contribution is 2.47. The number of pyridine rings is 1. The number of hydrogen-bond acceptors (Lipinski definition) is 5.